The third kappa shape index (κ3) is 8.77. The highest BCUT2D eigenvalue weighted by molar-refractivity contribution is 5.62. The zero-order valence-electron chi connectivity index (χ0n) is 8.97. The smallest absolute Gasteiger partial charge is 0.300 e. The lowest BCUT2D eigenvalue weighted by molar-refractivity contribution is -0.134. The minimum atomic E-state index is -0.833. The van der Waals surface area contributed by atoms with Gasteiger partial charge in [0.1, 0.15) is 5.75 Å². The molecule has 0 aliphatic carbocycles. The molecule has 1 rings (SSSR count). The van der Waals surface area contributed by atoms with Crippen molar-refractivity contribution in [2.24, 2.45) is 5.73 Å². The Labute approximate surface area is 89.4 Å². The lowest BCUT2D eigenvalue weighted by Crippen LogP contribution is -2.17. The molecule has 4 nitrogen and oxygen atoms in total. The summed E-state index contributed by atoms with van der Waals surface area (Å²) in [4.78, 5) is 9.00. The largest absolute Gasteiger partial charge is 0.508 e. The van der Waals surface area contributed by atoms with Crippen molar-refractivity contribution in [3.63, 3.8) is 0 Å². The summed E-state index contributed by atoms with van der Waals surface area (Å²) in [5, 5.41) is 16.4. The Morgan fingerprint density at radius 2 is 1.80 bits per heavy atom. The van der Waals surface area contributed by atoms with Gasteiger partial charge in [-0.3, -0.25) is 4.79 Å². The minimum absolute atomic E-state index is 0.180. The van der Waals surface area contributed by atoms with Gasteiger partial charge in [0, 0.05) is 13.0 Å². The number of nitrogens with two attached hydrogens (primary N) is 1. The third-order valence-corrected chi connectivity index (χ3v) is 1.49. The third-order valence-electron chi connectivity index (χ3n) is 1.49. The average Bonchev–Trinajstić information content (AvgIpc) is 2.07. The van der Waals surface area contributed by atoms with Crippen molar-refractivity contribution in [1.82, 2.24) is 0 Å². The highest BCUT2D eigenvalue weighted by atomic mass is 16.4. The van der Waals surface area contributed by atoms with Gasteiger partial charge in [0.25, 0.3) is 5.97 Å². The van der Waals surface area contributed by atoms with Crippen LogP contribution < -0.4 is 5.73 Å². The molecule has 0 fully saturated rings. The molecule has 0 aliphatic rings. The molecular formula is C11H17NO3. The normalized spacial score (nSPS) is 11.1. The van der Waals surface area contributed by atoms with Gasteiger partial charge >= 0.3 is 0 Å². The monoisotopic (exact) mass is 211 g/mol. The first-order chi connectivity index (χ1) is 6.91. The lowest BCUT2D eigenvalue weighted by Gasteiger charge is -2.03. The molecule has 1 unspecified atom stereocenters. The highest BCUT2D eigenvalue weighted by Crippen LogP contribution is 2.10. The van der Waals surface area contributed by atoms with Crippen LogP contribution >= 0.6 is 0 Å². The average molecular weight is 211 g/mol. The van der Waals surface area contributed by atoms with E-state index in [0.717, 1.165) is 18.9 Å². The molecule has 4 N–H and O–H groups in total. The van der Waals surface area contributed by atoms with Gasteiger partial charge in [0.15, 0.2) is 0 Å². The van der Waals surface area contributed by atoms with E-state index in [2.05, 4.69) is 0 Å². The number of aliphatic carboxylic acids is 1. The molecule has 0 bridgehead atoms. The van der Waals surface area contributed by atoms with Crippen LogP contribution in [0, 0.1) is 0 Å². The molecule has 1 aromatic carbocycles. The number of hydrogen-bond acceptors (Lipinski definition) is 3. The van der Waals surface area contributed by atoms with E-state index in [-0.39, 0.29) is 6.04 Å². The van der Waals surface area contributed by atoms with Crippen molar-refractivity contribution in [2.75, 3.05) is 0 Å². The molecule has 0 aromatic heterocycles. The Kier molecular flexibility index (Phi) is 6.13. The van der Waals surface area contributed by atoms with Crippen molar-refractivity contribution in [1.29, 1.82) is 0 Å². The number of carboxylic acids is 1. The van der Waals surface area contributed by atoms with Gasteiger partial charge in [0.05, 0.1) is 0 Å². The first-order valence-corrected chi connectivity index (χ1v) is 4.65. The van der Waals surface area contributed by atoms with Crippen LogP contribution in [-0.2, 0) is 11.2 Å². The van der Waals surface area contributed by atoms with E-state index >= 15 is 0 Å². The van der Waals surface area contributed by atoms with Gasteiger partial charge in [-0.2, -0.15) is 0 Å². The Hall–Kier alpha value is -1.55. The molecule has 0 amide bonds. The summed E-state index contributed by atoms with van der Waals surface area (Å²) in [6, 6.07) is 7.31. The molecule has 0 radical (unpaired) electrons. The van der Waals surface area contributed by atoms with Gasteiger partial charge < -0.3 is 15.9 Å². The van der Waals surface area contributed by atoms with E-state index in [1.54, 1.807) is 12.1 Å². The fraction of sp³-hybridized carbons (Fsp3) is 0.364. The molecule has 84 valence electrons. The molecule has 0 saturated heterocycles. The van der Waals surface area contributed by atoms with E-state index in [4.69, 9.17) is 20.7 Å². The van der Waals surface area contributed by atoms with E-state index in [1.165, 1.54) is 0 Å². The molecule has 0 saturated carbocycles. The molecule has 4 heteroatoms. The molecule has 15 heavy (non-hydrogen) atoms. The van der Waals surface area contributed by atoms with Crippen molar-refractivity contribution in [3.05, 3.63) is 29.8 Å². The van der Waals surface area contributed by atoms with Crippen LogP contribution in [-0.4, -0.2) is 22.2 Å². The van der Waals surface area contributed by atoms with Crippen LogP contribution in [0.5, 0.6) is 5.75 Å². The maximum Gasteiger partial charge on any atom is 0.300 e. The fourth-order valence-corrected chi connectivity index (χ4v) is 1.00. The van der Waals surface area contributed by atoms with Crippen molar-refractivity contribution < 1.29 is 15.0 Å². The molecule has 0 aliphatic heterocycles. The number of phenolic OH excluding ortho intramolecular Hbond substituents is 1. The summed E-state index contributed by atoms with van der Waals surface area (Å²) in [6.07, 6.45) is 0.861. The van der Waals surface area contributed by atoms with Gasteiger partial charge in [-0.25, -0.2) is 0 Å². The van der Waals surface area contributed by atoms with Gasteiger partial charge in [-0.1, -0.05) is 12.1 Å². The number of aromatic hydroxyl groups is 1. The lowest BCUT2D eigenvalue weighted by atomic mass is 10.1. The zero-order valence-corrected chi connectivity index (χ0v) is 8.97. The van der Waals surface area contributed by atoms with Crippen LogP contribution in [0.3, 0.4) is 0 Å². The predicted molar refractivity (Wildman–Crippen MR) is 58.8 cm³/mol. The standard InChI is InChI=1S/C9H13NO.C2H4O2/c1-7(10)6-8-2-4-9(11)5-3-8;1-2(3)4/h2-5,7,11H,6,10H2,1H3;1H3,(H,3,4). The second-order valence-corrected chi connectivity index (χ2v) is 3.37. The first-order valence-electron chi connectivity index (χ1n) is 4.65. The summed E-state index contributed by atoms with van der Waals surface area (Å²) in [7, 11) is 0. The topological polar surface area (TPSA) is 83.5 Å². The van der Waals surface area contributed by atoms with Crippen LogP contribution in [0.15, 0.2) is 24.3 Å². The highest BCUT2D eigenvalue weighted by Gasteiger charge is 1.96. The van der Waals surface area contributed by atoms with Crippen molar-refractivity contribution in [3.8, 4) is 5.75 Å². The number of carbonyl (C=O) groups is 1. The Balaban J connectivity index is 0.000000423. The quantitative estimate of drug-likeness (QED) is 0.690. The summed E-state index contributed by atoms with van der Waals surface area (Å²) >= 11 is 0. The molecule has 0 heterocycles. The van der Waals surface area contributed by atoms with Crippen LogP contribution in [0.2, 0.25) is 0 Å². The van der Waals surface area contributed by atoms with E-state index in [1.807, 2.05) is 19.1 Å². The van der Waals surface area contributed by atoms with Crippen molar-refractivity contribution in [2.45, 2.75) is 26.3 Å². The van der Waals surface area contributed by atoms with Crippen LogP contribution in [0.25, 0.3) is 0 Å². The van der Waals surface area contributed by atoms with Crippen molar-refractivity contribution >= 4 is 5.97 Å². The second kappa shape index (κ2) is 6.84. The Morgan fingerprint density at radius 3 is 2.13 bits per heavy atom. The molecule has 0 spiro atoms. The van der Waals surface area contributed by atoms with Gasteiger partial charge in [-0.05, 0) is 31.0 Å². The number of hydrogen-bond donors (Lipinski definition) is 3. The van der Waals surface area contributed by atoms with E-state index < -0.39 is 5.97 Å². The summed E-state index contributed by atoms with van der Waals surface area (Å²) < 4.78 is 0. The molecule has 1 atom stereocenters. The number of rotatable bonds is 2. The Morgan fingerprint density at radius 1 is 1.40 bits per heavy atom. The first kappa shape index (κ1) is 13.4. The summed E-state index contributed by atoms with van der Waals surface area (Å²) in [5.41, 5.74) is 6.76. The zero-order chi connectivity index (χ0) is 11.8. The van der Waals surface area contributed by atoms with E-state index in [9.17, 15) is 0 Å². The maximum absolute atomic E-state index is 9.00. The Bertz CT molecular complexity index is 289. The predicted octanol–water partition coefficient (Wildman–Crippen LogP) is 1.37. The summed E-state index contributed by atoms with van der Waals surface area (Å²) in [5.74, 6) is -0.529. The molecular weight excluding hydrogens is 194 g/mol. The maximum atomic E-state index is 9.00. The van der Waals surface area contributed by atoms with E-state index in [0.29, 0.717) is 5.75 Å². The SMILES string of the molecule is CC(=O)O.CC(N)Cc1ccc(O)cc1. The number of benzene rings is 1. The van der Waals surface area contributed by atoms with Gasteiger partial charge in [0.2, 0.25) is 0 Å². The van der Waals surface area contributed by atoms with Crippen LogP contribution in [0.4, 0.5) is 0 Å². The van der Waals surface area contributed by atoms with Crippen LogP contribution in [0.1, 0.15) is 19.4 Å². The number of carboxylic acid groups (broad SMARTS) is 1. The number of phenols is 1. The summed E-state index contributed by atoms with van der Waals surface area (Å²) in [6.45, 7) is 3.05. The molecule has 1 aromatic rings. The van der Waals surface area contributed by atoms with Gasteiger partial charge in [-0.15, -0.1) is 0 Å². The fourth-order valence-electron chi connectivity index (χ4n) is 1.00. The minimum Gasteiger partial charge on any atom is -0.508 e. The second-order valence-electron chi connectivity index (χ2n) is 3.37.